The average molecular weight is 206 g/mol. The summed E-state index contributed by atoms with van der Waals surface area (Å²) in [6, 6.07) is 0. The molecule has 0 radical (unpaired) electrons. The Bertz CT molecular complexity index is 304. The van der Waals surface area contributed by atoms with E-state index in [0.29, 0.717) is 32.5 Å². The van der Waals surface area contributed by atoms with Gasteiger partial charge in [0, 0.05) is 19.6 Å². The SMILES string of the molecule is NS(=O)(=O)C1(CN2CC(O)C2)CC1. The number of hydrogen-bond acceptors (Lipinski definition) is 4. The van der Waals surface area contributed by atoms with Gasteiger partial charge < -0.3 is 5.11 Å². The molecule has 0 atom stereocenters. The van der Waals surface area contributed by atoms with Crippen LogP contribution in [0.3, 0.4) is 0 Å². The Hall–Kier alpha value is -0.170. The zero-order valence-corrected chi connectivity index (χ0v) is 8.13. The lowest BCUT2D eigenvalue weighted by Crippen LogP contribution is -2.55. The van der Waals surface area contributed by atoms with Gasteiger partial charge in [-0.1, -0.05) is 0 Å². The van der Waals surface area contributed by atoms with Crippen LogP contribution in [0.4, 0.5) is 0 Å². The molecule has 0 amide bonds. The molecule has 1 saturated heterocycles. The molecule has 0 spiro atoms. The van der Waals surface area contributed by atoms with Crippen LogP contribution in [-0.2, 0) is 10.0 Å². The Morgan fingerprint density at radius 1 is 1.46 bits per heavy atom. The lowest BCUT2D eigenvalue weighted by Gasteiger charge is -2.37. The highest BCUT2D eigenvalue weighted by atomic mass is 32.2. The Morgan fingerprint density at radius 2 is 2.00 bits per heavy atom. The van der Waals surface area contributed by atoms with Crippen molar-refractivity contribution in [2.75, 3.05) is 19.6 Å². The Kier molecular flexibility index (Phi) is 1.92. The summed E-state index contributed by atoms with van der Waals surface area (Å²) in [6.45, 7) is 1.65. The smallest absolute Gasteiger partial charge is 0.216 e. The normalized spacial score (nSPS) is 28.5. The number of likely N-dealkylation sites (tertiary alicyclic amines) is 1. The zero-order valence-electron chi connectivity index (χ0n) is 7.31. The highest BCUT2D eigenvalue weighted by Crippen LogP contribution is 2.43. The van der Waals surface area contributed by atoms with Crippen LogP contribution in [0.2, 0.25) is 0 Å². The van der Waals surface area contributed by atoms with Crippen molar-refractivity contribution in [1.29, 1.82) is 0 Å². The summed E-state index contributed by atoms with van der Waals surface area (Å²) in [5.41, 5.74) is 0. The van der Waals surface area contributed by atoms with Crippen LogP contribution in [0.15, 0.2) is 0 Å². The van der Waals surface area contributed by atoms with E-state index in [0.717, 1.165) is 0 Å². The van der Waals surface area contributed by atoms with Gasteiger partial charge in [-0.15, -0.1) is 0 Å². The van der Waals surface area contributed by atoms with E-state index >= 15 is 0 Å². The summed E-state index contributed by atoms with van der Waals surface area (Å²) in [7, 11) is -3.40. The van der Waals surface area contributed by atoms with Gasteiger partial charge in [-0.25, -0.2) is 13.6 Å². The van der Waals surface area contributed by atoms with Gasteiger partial charge in [0.1, 0.15) is 0 Å². The quantitative estimate of drug-likeness (QED) is 0.587. The first-order chi connectivity index (χ1) is 5.93. The first-order valence-corrected chi connectivity index (χ1v) is 5.90. The topological polar surface area (TPSA) is 83.6 Å². The summed E-state index contributed by atoms with van der Waals surface area (Å²) in [5.74, 6) is 0. The molecule has 1 saturated carbocycles. The molecule has 13 heavy (non-hydrogen) atoms. The third-order valence-corrected chi connectivity index (χ3v) is 4.61. The highest BCUT2D eigenvalue weighted by molar-refractivity contribution is 7.90. The fraction of sp³-hybridized carbons (Fsp3) is 1.00. The maximum absolute atomic E-state index is 11.2. The Labute approximate surface area is 77.6 Å². The van der Waals surface area contributed by atoms with Crippen LogP contribution in [0, 0.1) is 0 Å². The van der Waals surface area contributed by atoms with Gasteiger partial charge in [0.2, 0.25) is 10.0 Å². The molecular formula is C7H14N2O3S. The first kappa shape index (κ1) is 9.39. The maximum Gasteiger partial charge on any atom is 0.216 e. The number of aliphatic hydroxyl groups excluding tert-OH is 1. The van der Waals surface area contributed by atoms with Crippen molar-refractivity contribution in [2.24, 2.45) is 5.14 Å². The van der Waals surface area contributed by atoms with Crippen LogP contribution < -0.4 is 5.14 Å². The van der Waals surface area contributed by atoms with Crippen LogP contribution in [0.5, 0.6) is 0 Å². The van der Waals surface area contributed by atoms with Crippen molar-refractivity contribution in [3.63, 3.8) is 0 Å². The molecule has 1 aliphatic carbocycles. The second kappa shape index (κ2) is 2.66. The van der Waals surface area contributed by atoms with E-state index in [1.54, 1.807) is 0 Å². The third-order valence-electron chi connectivity index (χ3n) is 2.86. The number of nitrogens with two attached hydrogens (primary N) is 1. The third kappa shape index (κ3) is 1.59. The van der Waals surface area contributed by atoms with E-state index in [1.807, 2.05) is 4.90 Å². The van der Waals surface area contributed by atoms with Gasteiger partial charge in [0.25, 0.3) is 0 Å². The van der Waals surface area contributed by atoms with Crippen molar-refractivity contribution in [2.45, 2.75) is 23.7 Å². The molecule has 0 bridgehead atoms. The molecule has 0 aromatic heterocycles. The number of primary sulfonamides is 1. The Balaban J connectivity index is 1.95. The minimum absolute atomic E-state index is 0.281. The maximum atomic E-state index is 11.2. The van der Waals surface area contributed by atoms with Crippen LogP contribution >= 0.6 is 0 Å². The summed E-state index contributed by atoms with van der Waals surface area (Å²) >= 11 is 0. The van der Waals surface area contributed by atoms with Gasteiger partial charge >= 0.3 is 0 Å². The fourth-order valence-electron chi connectivity index (χ4n) is 1.75. The molecule has 0 aromatic rings. The summed E-state index contributed by atoms with van der Waals surface area (Å²) in [5, 5.41) is 14.1. The number of rotatable bonds is 3. The summed E-state index contributed by atoms with van der Waals surface area (Å²) in [6.07, 6.45) is 1.05. The standard InChI is InChI=1S/C7H14N2O3S/c8-13(11,12)7(1-2-7)5-9-3-6(10)4-9/h6,10H,1-5H2,(H2,8,11,12). The monoisotopic (exact) mass is 206 g/mol. The minimum atomic E-state index is -3.40. The predicted molar refractivity (Wildman–Crippen MR) is 47.5 cm³/mol. The molecule has 0 aromatic carbocycles. The van der Waals surface area contributed by atoms with Crippen molar-refractivity contribution in [3.8, 4) is 0 Å². The lowest BCUT2D eigenvalue weighted by molar-refractivity contribution is 0.00123. The van der Waals surface area contributed by atoms with E-state index in [4.69, 9.17) is 10.2 Å². The molecule has 2 fully saturated rings. The van der Waals surface area contributed by atoms with E-state index in [-0.39, 0.29) is 6.10 Å². The van der Waals surface area contributed by atoms with Crippen molar-refractivity contribution in [1.82, 2.24) is 4.90 Å². The van der Waals surface area contributed by atoms with Crippen molar-refractivity contribution in [3.05, 3.63) is 0 Å². The molecule has 5 nitrogen and oxygen atoms in total. The largest absolute Gasteiger partial charge is 0.390 e. The van der Waals surface area contributed by atoms with E-state index in [1.165, 1.54) is 0 Å². The molecule has 3 N–H and O–H groups in total. The van der Waals surface area contributed by atoms with Gasteiger partial charge in [-0.3, -0.25) is 4.90 Å². The summed E-state index contributed by atoms with van der Waals surface area (Å²) in [4.78, 5) is 1.93. The predicted octanol–water partition coefficient (Wildman–Crippen LogP) is -1.52. The zero-order chi connectivity index (χ0) is 9.69. The number of nitrogens with zero attached hydrogens (tertiary/aromatic N) is 1. The lowest BCUT2D eigenvalue weighted by atomic mass is 10.1. The first-order valence-electron chi connectivity index (χ1n) is 4.36. The van der Waals surface area contributed by atoms with Crippen molar-refractivity contribution < 1.29 is 13.5 Å². The van der Waals surface area contributed by atoms with Gasteiger partial charge in [0.15, 0.2) is 0 Å². The van der Waals surface area contributed by atoms with E-state index in [9.17, 15) is 8.42 Å². The summed E-state index contributed by atoms with van der Waals surface area (Å²) < 4.78 is 21.6. The van der Waals surface area contributed by atoms with Gasteiger partial charge in [0.05, 0.1) is 10.9 Å². The molecular weight excluding hydrogens is 192 g/mol. The number of sulfonamides is 1. The number of hydrogen-bond donors (Lipinski definition) is 2. The number of β-amino-alcohol motifs (C(OH)–C–C–N with tert-alkyl or cyclic N) is 1. The van der Waals surface area contributed by atoms with Crippen molar-refractivity contribution >= 4 is 10.0 Å². The Morgan fingerprint density at radius 3 is 2.31 bits per heavy atom. The second-order valence-electron chi connectivity index (χ2n) is 4.08. The van der Waals surface area contributed by atoms with E-state index in [2.05, 4.69) is 0 Å². The molecule has 0 unspecified atom stereocenters. The van der Waals surface area contributed by atoms with E-state index < -0.39 is 14.8 Å². The second-order valence-corrected chi connectivity index (χ2v) is 6.03. The molecule has 76 valence electrons. The molecule has 2 aliphatic rings. The van der Waals surface area contributed by atoms with Gasteiger partial charge in [-0.2, -0.15) is 0 Å². The fourth-order valence-corrected chi connectivity index (χ4v) is 2.78. The number of aliphatic hydroxyl groups is 1. The molecule has 6 heteroatoms. The van der Waals surface area contributed by atoms with Crippen LogP contribution in [0.25, 0.3) is 0 Å². The highest BCUT2D eigenvalue weighted by Gasteiger charge is 2.54. The minimum Gasteiger partial charge on any atom is -0.390 e. The molecule has 1 aliphatic heterocycles. The van der Waals surface area contributed by atoms with Crippen LogP contribution in [-0.4, -0.2) is 48.9 Å². The molecule has 2 rings (SSSR count). The average Bonchev–Trinajstić information content (AvgIpc) is 2.63. The van der Waals surface area contributed by atoms with Gasteiger partial charge in [-0.05, 0) is 12.8 Å². The molecule has 1 heterocycles. The van der Waals surface area contributed by atoms with Crippen LogP contribution in [0.1, 0.15) is 12.8 Å².